The van der Waals surface area contributed by atoms with Gasteiger partial charge in [0.25, 0.3) is 0 Å². The molecule has 1 aliphatic rings. The molecule has 0 radical (unpaired) electrons. The molecule has 1 unspecified atom stereocenters. The minimum absolute atomic E-state index is 0.0171. The molecule has 3 N–H and O–H groups in total. The number of aliphatic carboxylic acids is 1. The number of aliphatic hydroxyl groups is 2. The molecule has 0 aliphatic carbocycles. The van der Waals surface area contributed by atoms with Gasteiger partial charge in [-0.3, -0.25) is 4.79 Å². The molecule has 7 nitrogen and oxygen atoms in total. The zero-order valence-corrected chi connectivity index (χ0v) is 10.4. The number of amides is 2. The molecule has 1 atom stereocenters. The van der Waals surface area contributed by atoms with Gasteiger partial charge >= 0.3 is 12.0 Å². The zero-order valence-electron chi connectivity index (χ0n) is 10.4. The monoisotopic (exact) mass is 260 g/mol. The minimum atomic E-state index is -0.852. The second-order valence-electron chi connectivity index (χ2n) is 4.51. The highest BCUT2D eigenvalue weighted by Gasteiger charge is 2.38. The molecule has 0 aromatic carbocycles. The van der Waals surface area contributed by atoms with Crippen molar-refractivity contribution in [2.45, 2.75) is 6.92 Å². The average molecular weight is 260 g/mol. The van der Waals surface area contributed by atoms with Crippen LogP contribution in [0.1, 0.15) is 6.92 Å². The largest absolute Gasteiger partial charge is 0.481 e. The number of carbonyl (C=O) groups excluding carboxylic acids is 1. The van der Waals surface area contributed by atoms with Crippen molar-refractivity contribution >= 4 is 12.0 Å². The van der Waals surface area contributed by atoms with Crippen molar-refractivity contribution in [3.05, 3.63) is 0 Å². The Morgan fingerprint density at radius 2 is 1.78 bits per heavy atom. The summed E-state index contributed by atoms with van der Waals surface area (Å²) in [6.07, 6.45) is 0. The molecule has 1 aliphatic heterocycles. The van der Waals surface area contributed by atoms with Crippen LogP contribution < -0.4 is 0 Å². The molecule has 0 aromatic heterocycles. The van der Waals surface area contributed by atoms with Crippen molar-refractivity contribution in [2.75, 3.05) is 39.4 Å². The Labute approximate surface area is 106 Å². The average Bonchev–Trinajstić information content (AvgIpc) is 2.26. The second-order valence-corrected chi connectivity index (χ2v) is 4.51. The molecule has 0 spiro atoms. The first-order chi connectivity index (χ1) is 8.51. The van der Waals surface area contributed by atoms with E-state index in [-0.39, 0.29) is 38.3 Å². The van der Waals surface area contributed by atoms with E-state index in [2.05, 4.69) is 0 Å². The van der Waals surface area contributed by atoms with Crippen molar-refractivity contribution in [1.29, 1.82) is 0 Å². The van der Waals surface area contributed by atoms with E-state index in [1.54, 1.807) is 6.92 Å². The number of carboxylic acid groups (broad SMARTS) is 1. The SMILES string of the molecule is CC(C(=O)O)C1CN(C(=O)N(CCO)CCO)C1. The minimum Gasteiger partial charge on any atom is -0.481 e. The normalized spacial score (nSPS) is 17.2. The summed E-state index contributed by atoms with van der Waals surface area (Å²) >= 11 is 0. The van der Waals surface area contributed by atoms with Crippen LogP contribution in [0.2, 0.25) is 0 Å². The molecule has 0 aromatic rings. The second kappa shape index (κ2) is 6.55. The van der Waals surface area contributed by atoms with Gasteiger partial charge in [-0.1, -0.05) is 6.92 Å². The number of likely N-dealkylation sites (tertiary alicyclic amines) is 1. The molecular formula is C11H20N2O5. The molecule has 1 rings (SSSR count). The molecule has 7 heteroatoms. The lowest BCUT2D eigenvalue weighted by Gasteiger charge is -2.43. The van der Waals surface area contributed by atoms with Gasteiger partial charge in [-0.25, -0.2) is 4.79 Å². The number of nitrogens with zero attached hydrogens (tertiary/aromatic N) is 2. The number of hydrogen-bond donors (Lipinski definition) is 3. The summed E-state index contributed by atoms with van der Waals surface area (Å²) in [6, 6.07) is -0.257. The van der Waals surface area contributed by atoms with Gasteiger partial charge in [0.15, 0.2) is 0 Å². The predicted octanol–water partition coefficient (Wildman–Crippen LogP) is -0.954. The third kappa shape index (κ3) is 3.33. The highest BCUT2D eigenvalue weighted by atomic mass is 16.4. The number of carboxylic acids is 1. The van der Waals surface area contributed by atoms with Crippen molar-refractivity contribution in [3.63, 3.8) is 0 Å². The molecule has 18 heavy (non-hydrogen) atoms. The summed E-state index contributed by atoms with van der Waals surface area (Å²) in [6.45, 7) is 2.50. The van der Waals surface area contributed by atoms with E-state index in [9.17, 15) is 9.59 Å². The summed E-state index contributed by atoms with van der Waals surface area (Å²) in [4.78, 5) is 25.6. The van der Waals surface area contributed by atoms with Crippen LogP contribution in [0.4, 0.5) is 4.79 Å². The summed E-state index contributed by atoms with van der Waals surface area (Å²) in [7, 11) is 0. The van der Waals surface area contributed by atoms with E-state index in [4.69, 9.17) is 15.3 Å². The van der Waals surface area contributed by atoms with E-state index in [0.717, 1.165) is 0 Å². The van der Waals surface area contributed by atoms with Crippen molar-refractivity contribution in [3.8, 4) is 0 Å². The van der Waals surface area contributed by atoms with Crippen molar-refractivity contribution < 1.29 is 24.9 Å². The van der Waals surface area contributed by atoms with Crippen LogP contribution in [-0.4, -0.2) is 76.5 Å². The number of aliphatic hydroxyl groups excluding tert-OH is 2. The van der Waals surface area contributed by atoms with Crippen LogP contribution in [-0.2, 0) is 4.79 Å². The maximum atomic E-state index is 11.9. The molecule has 0 bridgehead atoms. The molecule has 1 saturated heterocycles. The molecular weight excluding hydrogens is 240 g/mol. The molecule has 1 fully saturated rings. The third-order valence-electron chi connectivity index (χ3n) is 3.29. The van der Waals surface area contributed by atoms with Crippen molar-refractivity contribution in [2.24, 2.45) is 11.8 Å². The Balaban J connectivity index is 2.43. The Hall–Kier alpha value is -1.34. The maximum absolute atomic E-state index is 11.9. The summed E-state index contributed by atoms with van der Waals surface area (Å²) in [5.41, 5.74) is 0. The van der Waals surface area contributed by atoms with Crippen LogP contribution >= 0.6 is 0 Å². The smallest absolute Gasteiger partial charge is 0.320 e. The summed E-state index contributed by atoms with van der Waals surface area (Å²) in [5.74, 6) is -1.33. The zero-order chi connectivity index (χ0) is 13.7. The lowest BCUT2D eigenvalue weighted by molar-refractivity contribution is -0.144. The lowest BCUT2D eigenvalue weighted by atomic mass is 9.87. The Morgan fingerprint density at radius 3 is 2.17 bits per heavy atom. The van der Waals surface area contributed by atoms with Crippen LogP contribution in [0, 0.1) is 11.8 Å². The standard InChI is InChI=1S/C11H20N2O5/c1-8(10(16)17)9-6-13(7-9)11(18)12(2-4-14)3-5-15/h8-9,14-15H,2-7H2,1H3,(H,16,17). The van der Waals surface area contributed by atoms with Gasteiger partial charge in [0.1, 0.15) is 0 Å². The molecule has 2 amide bonds. The Bertz CT molecular complexity index is 298. The molecule has 0 saturated carbocycles. The van der Waals surface area contributed by atoms with Crippen LogP contribution in [0.5, 0.6) is 0 Å². The highest BCUT2D eigenvalue weighted by Crippen LogP contribution is 2.24. The summed E-state index contributed by atoms with van der Waals surface area (Å²) in [5, 5.41) is 26.5. The van der Waals surface area contributed by atoms with Gasteiger partial charge in [-0.05, 0) is 0 Å². The van der Waals surface area contributed by atoms with Gasteiger partial charge in [0.2, 0.25) is 0 Å². The topological polar surface area (TPSA) is 101 Å². The lowest BCUT2D eigenvalue weighted by Crippen LogP contribution is -2.58. The van der Waals surface area contributed by atoms with Gasteiger partial charge < -0.3 is 25.1 Å². The van der Waals surface area contributed by atoms with Crippen LogP contribution in [0.25, 0.3) is 0 Å². The van der Waals surface area contributed by atoms with Crippen molar-refractivity contribution in [1.82, 2.24) is 9.80 Å². The predicted molar refractivity (Wildman–Crippen MR) is 63.0 cm³/mol. The van der Waals surface area contributed by atoms with Crippen LogP contribution in [0.15, 0.2) is 0 Å². The third-order valence-corrected chi connectivity index (χ3v) is 3.29. The first-order valence-electron chi connectivity index (χ1n) is 5.99. The van der Waals surface area contributed by atoms with E-state index in [1.165, 1.54) is 9.80 Å². The van der Waals surface area contributed by atoms with Gasteiger partial charge in [0.05, 0.1) is 19.1 Å². The number of urea groups is 1. The maximum Gasteiger partial charge on any atom is 0.320 e. The van der Waals surface area contributed by atoms with E-state index in [1.807, 2.05) is 0 Å². The summed E-state index contributed by atoms with van der Waals surface area (Å²) < 4.78 is 0. The Kier molecular flexibility index (Phi) is 5.36. The number of rotatable bonds is 6. The number of carbonyl (C=O) groups is 2. The van der Waals surface area contributed by atoms with Gasteiger partial charge in [0, 0.05) is 32.1 Å². The first-order valence-corrected chi connectivity index (χ1v) is 5.99. The van der Waals surface area contributed by atoms with Crippen LogP contribution in [0.3, 0.4) is 0 Å². The van der Waals surface area contributed by atoms with Gasteiger partial charge in [-0.2, -0.15) is 0 Å². The van der Waals surface area contributed by atoms with Gasteiger partial charge in [-0.15, -0.1) is 0 Å². The Morgan fingerprint density at radius 1 is 1.28 bits per heavy atom. The molecule has 1 heterocycles. The highest BCUT2D eigenvalue weighted by molar-refractivity contribution is 5.76. The fourth-order valence-corrected chi connectivity index (χ4v) is 1.93. The van der Waals surface area contributed by atoms with E-state index >= 15 is 0 Å². The molecule has 104 valence electrons. The van der Waals surface area contributed by atoms with E-state index < -0.39 is 11.9 Å². The number of hydrogen-bond acceptors (Lipinski definition) is 4. The van der Waals surface area contributed by atoms with E-state index in [0.29, 0.717) is 13.1 Å². The first kappa shape index (κ1) is 14.7. The quantitative estimate of drug-likeness (QED) is 0.571. The fraction of sp³-hybridized carbons (Fsp3) is 0.818. The fourth-order valence-electron chi connectivity index (χ4n) is 1.93.